The van der Waals surface area contributed by atoms with E-state index in [0.717, 1.165) is 5.56 Å². The molecule has 3 N–H and O–H groups in total. The summed E-state index contributed by atoms with van der Waals surface area (Å²) in [6.07, 6.45) is -0.0126. The Balaban J connectivity index is 1.90. The fourth-order valence-corrected chi connectivity index (χ4v) is 3.81. The maximum absolute atomic E-state index is 12.4. The molecule has 0 atom stereocenters. The quantitative estimate of drug-likeness (QED) is 0.673. The third kappa shape index (κ3) is 5.63. The first-order valence-corrected chi connectivity index (χ1v) is 9.90. The van der Waals surface area contributed by atoms with E-state index in [2.05, 4.69) is 15.4 Å². The number of benzene rings is 2. The van der Waals surface area contributed by atoms with E-state index in [1.54, 1.807) is 43.3 Å². The van der Waals surface area contributed by atoms with Crippen LogP contribution in [0.2, 0.25) is 0 Å². The third-order valence-corrected chi connectivity index (χ3v) is 5.54. The van der Waals surface area contributed by atoms with Gasteiger partial charge in [0.25, 0.3) is 5.91 Å². The fraction of sp³-hybridized carbons (Fsp3) is 0.263. The molecule has 0 heterocycles. The summed E-state index contributed by atoms with van der Waals surface area (Å²) in [6.45, 7) is 3.53. The molecular formula is C19H23N3O4S. The molecule has 0 aliphatic heterocycles. The normalized spacial score (nSPS) is 11.1. The highest BCUT2D eigenvalue weighted by atomic mass is 32.2. The second kappa shape index (κ2) is 8.79. The summed E-state index contributed by atoms with van der Waals surface area (Å²) in [5.41, 5.74) is 2.51. The number of carbonyl (C=O) groups excluding carboxylic acids is 2. The van der Waals surface area contributed by atoms with Crippen LogP contribution in [-0.4, -0.2) is 33.8 Å². The van der Waals surface area contributed by atoms with Gasteiger partial charge < -0.3 is 10.6 Å². The van der Waals surface area contributed by atoms with Crippen molar-refractivity contribution in [3.05, 3.63) is 59.2 Å². The van der Waals surface area contributed by atoms with Crippen LogP contribution in [0.5, 0.6) is 0 Å². The number of rotatable bonds is 7. The highest BCUT2D eigenvalue weighted by molar-refractivity contribution is 7.89. The Kier molecular flexibility index (Phi) is 6.70. The zero-order valence-corrected chi connectivity index (χ0v) is 16.3. The molecule has 0 bridgehead atoms. The predicted octanol–water partition coefficient (Wildman–Crippen LogP) is 1.97. The van der Waals surface area contributed by atoms with Gasteiger partial charge in [0, 0.05) is 31.3 Å². The Hall–Kier alpha value is -2.71. The summed E-state index contributed by atoms with van der Waals surface area (Å²) in [4.78, 5) is 23.7. The third-order valence-electron chi connectivity index (χ3n) is 3.94. The standard InChI is InChI=1S/C19H23N3O4S/c1-13-4-5-14(2)17(12-13)27(25,26)21-11-10-18(23)22-16-8-6-15(7-9-16)19(24)20-3/h4-9,12,21H,10-11H2,1-3H3,(H,20,24)(H,22,23). The lowest BCUT2D eigenvalue weighted by molar-refractivity contribution is -0.116. The molecule has 0 aliphatic rings. The van der Waals surface area contributed by atoms with Gasteiger partial charge >= 0.3 is 0 Å². The van der Waals surface area contributed by atoms with Gasteiger partial charge in [0.2, 0.25) is 15.9 Å². The first-order valence-electron chi connectivity index (χ1n) is 8.42. The van der Waals surface area contributed by atoms with Crippen molar-refractivity contribution in [2.75, 3.05) is 18.9 Å². The van der Waals surface area contributed by atoms with Crippen molar-refractivity contribution < 1.29 is 18.0 Å². The Morgan fingerprint density at radius 3 is 2.30 bits per heavy atom. The molecule has 27 heavy (non-hydrogen) atoms. The molecule has 0 aromatic heterocycles. The van der Waals surface area contributed by atoms with Crippen molar-refractivity contribution in [2.45, 2.75) is 25.2 Å². The number of anilines is 1. The number of sulfonamides is 1. The van der Waals surface area contributed by atoms with E-state index in [1.165, 1.54) is 7.05 Å². The SMILES string of the molecule is CNC(=O)c1ccc(NC(=O)CCNS(=O)(=O)c2cc(C)ccc2C)cc1. The summed E-state index contributed by atoms with van der Waals surface area (Å²) in [5, 5.41) is 5.18. The number of carbonyl (C=O) groups is 2. The van der Waals surface area contributed by atoms with E-state index >= 15 is 0 Å². The summed E-state index contributed by atoms with van der Waals surface area (Å²) < 4.78 is 27.2. The molecule has 0 radical (unpaired) electrons. The van der Waals surface area contributed by atoms with Gasteiger partial charge in [-0.2, -0.15) is 0 Å². The van der Waals surface area contributed by atoms with Crippen molar-refractivity contribution in [1.29, 1.82) is 0 Å². The van der Waals surface area contributed by atoms with E-state index in [0.29, 0.717) is 16.8 Å². The molecule has 0 aliphatic carbocycles. The Bertz CT molecular complexity index is 938. The zero-order valence-electron chi connectivity index (χ0n) is 15.5. The zero-order chi connectivity index (χ0) is 20.0. The molecule has 2 rings (SSSR count). The Labute approximate surface area is 159 Å². The van der Waals surface area contributed by atoms with Gasteiger partial charge in [-0.3, -0.25) is 9.59 Å². The lowest BCUT2D eigenvalue weighted by Crippen LogP contribution is -2.28. The highest BCUT2D eigenvalue weighted by Crippen LogP contribution is 2.16. The van der Waals surface area contributed by atoms with Crippen molar-refractivity contribution in [3.63, 3.8) is 0 Å². The van der Waals surface area contributed by atoms with Crippen LogP contribution in [0.3, 0.4) is 0 Å². The number of hydrogen-bond donors (Lipinski definition) is 3. The van der Waals surface area contributed by atoms with Crippen LogP contribution in [0.25, 0.3) is 0 Å². The van der Waals surface area contributed by atoms with Gasteiger partial charge in [-0.15, -0.1) is 0 Å². The van der Waals surface area contributed by atoms with Crippen molar-refractivity contribution in [1.82, 2.24) is 10.0 Å². The van der Waals surface area contributed by atoms with Crippen molar-refractivity contribution in [2.24, 2.45) is 0 Å². The molecule has 8 heteroatoms. The summed E-state index contributed by atoms with van der Waals surface area (Å²) in [6, 6.07) is 11.6. The summed E-state index contributed by atoms with van der Waals surface area (Å²) in [5.74, 6) is -0.542. The lowest BCUT2D eigenvalue weighted by atomic mass is 10.2. The molecular weight excluding hydrogens is 366 g/mol. The topological polar surface area (TPSA) is 104 Å². The van der Waals surface area contributed by atoms with Gasteiger partial charge in [-0.25, -0.2) is 13.1 Å². The molecule has 0 unspecified atom stereocenters. The van der Waals surface area contributed by atoms with Crippen LogP contribution in [0, 0.1) is 13.8 Å². The van der Waals surface area contributed by atoms with Gasteiger partial charge in [-0.05, 0) is 55.3 Å². The van der Waals surface area contributed by atoms with Crippen LogP contribution in [0.4, 0.5) is 5.69 Å². The minimum Gasteiger partial charge on any atom is -0.355 e. The van der Waals surface area contributed by atoms with Crippen LogP contribution in [0.15, 0.2) is 47.4 Å². The highest BCUT2D eigenvalue weighted by Gasteiger charge is 2.17. The molecule has 0 spiro atoms. The van der Waals surface area contributed by atoms with Crippen molar-refractivity contribution in [3.8, 4) is 0 Å². The maximum atomic E-state index is 12.4. The second-order valence-corrected chi connectivity index (χ2v) is 7.86. The van der Waals surface area contributed by atoms with Crippen LogP contribution in [0.1, 0.15) is 27.9 Å². The fourth-order valence-electron chi connectivity index (χ4n) is 2.45. The smallest absolute Gasteiger partial charge is 0.251 e. The maximum Gasteiger partial charge on any atom is 0.251 e. The molecule has 0 saturated carbocycles. The monoisotopic (exact) mass is 389 g/mol. The van der Waals surface area contributed by atoms with E-state index in [-0.39, 0.29) is 29.7 Å². The van der Waals surface area contributed by atoms with Crippen LogP contribution >= 0.6 is 0 Å². The number of aryl methyl sites for hydroxylation is 2. The average molecular weight is 389 g/mol. The Morgan fingerprint density at radius 2 is 1.67 bits per heavy atom. The van der Waals surface area contributed by atoms with E-state index in [4.69, 9.17) is 0 Å². The average Bonchev–Trinajstić information content (AvgIpc) is 2.63. The predicted molar refractivity (Wildman–Crippen MR) is 104 cm³/mol. The largest absolute Gasteiger partial charge is 0.355 e. The molecule has 7 nitrogen and oxygen atoms in total. The van der Waals surface area contributed by atoms with Gasteiger partial charge in [0.15, 0.2) is 0 Å². The number of hydrogen-bond acceptors (Lipinski definition) is 4. The molecule has 0 saturated heterocycles. The number of nitrogens with one attached hydrogen (secondary N) is 3. The van der Waals surface area contributed by atoms with E-state index in [9.17, 15) is 18.0 Å². The lowest BCUT2D eigenvalue weighted by Gasteiger charge is -2.10. The van der Waals surface area contributed by atoms with Crippen molar-refractivity contribution >= 4 is 27.5 Å². The Morgan fingerprint density at radius 1 is 1.00 bits per heavy atom. The molecule has 2 aromatic carbocycles. The molecule has 2 aromatic rings. The van der Waals surface area contributed by atoms with Gasteiger partial charge in [0.1, 0.15) is 0 Å². The first kappa shape index (κ1) is 20.6. The first-order chi connectivity index (χ1) is 12.7. The minimum atomic E-state index is -3.67. The van der Waals surface area contributed by atoms with E-state index in [1.807, 2.05) is 13.0 Å². The number of amides is 2. The molecule has 2 amide bonds. The molecule has 0 fully saturated rings. The van der Waals surface area contributed by atoms with Gasteiger partial charge in [-0.1, -0.05) is 12.1 Å². The van der Waals surface area contributed by atoms with Crippen LogP contribution < -0.4 is 15.4 Å². The van der Waals surface area contributed by atoms with E-state index < -0.39 is 10.0 Å². The van der Waals surface area contributed by atoms with Crippen LogP contribution in [-0.2, 0) is 14.8 Å². The minimum absolute atomic E-state index is 0.0126. The second-order valence-electron chi connectivity index (χ2n) is 6.12. The summed E-state index contributed by atoms with van der Waals surface area (Å²) >= 11 is 0. The molecule has 144 valence electrons. The summed E-state index contributed by atoms with van der Waals surface area (Å²) in [7, 11) is -2.14. The van der Waals surface area contributed by atoms with Gasteiger partial charge in [0.05, 0.1) is 4.90 Å².